The van der Waals surface area contributed by atoms with Crippen molar-refractivity contribution in [2.45, 2.75) is 32.2 Å². The summed E-state index contributed by atoms with van der Waals surface area (Å²) >= 11 is 0. The molecule has 2 saturated heterocycles. The molecule has 3 heterocycles. The Morgan fingerprint density at radius 2 is 1.86 bits per heavy atom. The molecule has 1 aromatic heterocycles. The maximum Gasteiger partial charge on any atom is 0.251 e. The average Bonchev–Trinajstić information content (AvgIpc) is 3.27. The van der Waals surface area contributed by atoms with Gasteiger partial charge in [0.25, 0.3) is 5.91 Å². The summed E-state index contributed by atoms with van der Waals surface area (Å²) in [7, 11) is 0. The fraction of sp³-hybridized carbons (Fsp3) is 0.526. The molecule has 9 heteroatoms. The van der Waals surface area contributed by atoms with Crippen LogP contribution in [-0.4, -0.2) is 69.9 Å². The maximum atomic E-state index is 12.5. The summed E-state index contributed by atoms with van der Waals surface area (Å²) in [6, 6.07) is 3.46. The van der Waals surface area contributed by atoms with Crippen LogP contribution in [0.5, 0.6) is 0 Å². The first-order valence-corrected chi connectivity index (χ1v) is 9.56. The van der Waals surface area contributed by atoms with Crippen molar-refractivity contribution >= 4 is 28.6 Å². The number of hydrogen-bond donors (Lipinski definition) is 3. The van der Waals surface area contributed by atoms with E-state index in [1.54, 1.807) is 12.1 Å². The Morgan fingerprint density at radius 3 is 2.50 bits per heavy atom. The minimum Gasteiger partial charge on any atom is -0.392 e. The van der Waals surface area contributed by atoms with Gasteiger partial charge in [-0.1, -0.05) is 0 Å². The van der Waals surface area contributed by atoms with Gasteiger partial charge in [0.2, 0.25) is 5.95 Å². The number of anilines is 2. The van der Waals surface area contributed by atoms with Gasteiger partial charge in [0.15, 0.2) is 0 Å². The Balaban J connectivity index is 1.52. The van der Waals surface area contributed by atoms with Crippen molar-refractivity contribution in [3.63, 3.8) is 0 Å². The van der Waals surface area contributed by atoms with Gasteiger partial charge in [-0.2, -0.15) is 4.98 Å². The van der Waals surface area contributed by atoms with Crippen LogP contribution in [0.4, 0.5) is 11.8 Å². The lowest BCUT2D eigenvalue weighted by Gasteiger charge is -2.35. The number of benzene rings is 1. The van der Waals surface area contributed by atoms with Crippen molar-refractivity contribution in [2.24, 2.45) is 0 Å². The molecule has 2 fully saturated rings. The number of carbonyl (C=O) groups is 1. The second kappa shape index (κ2) is 7.86. The molecular weight excluding hydrogens is 362 g/mol. The van der Waals surface area contributed by atoms with Crippen molar-refractivity contribution in [2.75, 3.05) is 43.4 Å². The smallest absolute Gasteiger partial charge is 0.251 e. The predicted octanol–water partition coefficient (Wildman–Crippen LogP) is 0.0242. The number of ether oxygens (including phenoxy) is 1. The lowest BCUT2D eigenvalue weighted by Crippen LogP contribution is -2.51. The van der Waals surface area contributed by atoms with Crippen LogP contribution in [0.1, 0.15) is 24.0 Å². The molecule has 2 aliphatic rings. The number of fused-ring (bicyclic) bond motifs is 1. The third-order valence-electron chi connectivity index (χ3n) is 5.45. The minimum atomic E-state index is -0.295. The number of rotatable bonds is 4. The summed E-state index contributed by atoms with van der Waals surface area (Å²) in [6.07, 6.45) is 1.44. The van der Waals surface area contributed by atoms with E-state index in [4.69, 9.17) is 10.5 Å². The Bertz CT molecular complexity index is 876. The van der Waals surface area contributed by atoms with Crippen LogP contribution in [0, 0.1) is 0 Å². The third kappa shape index (κ3) is 3.48. The summed E-state index contributed by atoms with van der Waals surface area (Å²) in [5, 5.41) is 19.6. The van der Waals surface area contributed by atoms with Crippen molar-refractivity contribution in [1.82, 2.24) is 14.9 Å². The summed E-state index contributed by atoms with van der Waals surface area (Å²) < 4.78 is 5.50. The molecule has 9 nitrogen and oxygen atoms in total. The van der Waals surface area contributed by atoms with Crippen LogP contribution in [0.2, 0.25) is 0 Å². The molecular formula is C19H25N5O4. The zero-order valence-corrected chi connectivity index (χ0v) is 15.7. The van der Waals surface area contributed by atoms with E-state index >= 15 is 0 Å². The molecule has 0 spiro atoms. The number of nitrogens with zero attached hydrogens (tertiary/aromatic N) is 4. The Morgan fingerprint density at radius 1 is 1.14 bits per heavy atom. The van der Waals surface area contributed by atoms with Gasteiger partial charge in [-0.15, -0.1) is 0 Å². The van der Waals surface area contributed by atoms with Crippen molar-refractivity contribution in [3.8, 4) is 0 Å². The highest BCUT2D eigenvalue weighted by Gasteiger charge is 2.31. The molecule has 4 N–H and O–H groups in total. The molecule has 28 heavy (non-hydrogen) atoms. The van der Waals surface area contributed by atoms with E-state index in [0.29, 0.717) is 66.6 Å². The molecule has 1 amide bonds. The number of nitrogen functional groups attached to an aromatic ring is 1. The number of aromatic nitrogens is 2. The van der Waals surface area contributed by atoms with Crippen LogP contribution < -0.4 is 10.6 Å². The quantitative estimate of drug-likeness (QED) is 0.671. The number of amides is 1. The molecule has 1 atom stereocenters. The fourth-order valence-electron chi connectivity index (χ4n) is 3.81. The number of aliphatic hydroxyl groups is 2. The van der Waals surface area contributed by atoms with E-state index in [2.05, 4.69) is 9.97 Å². The highest BCUT2D eigenvalue weighted by molar-refractivity contribution is 5.90. The molecule has 0 bridgehead atoms. The standard InChI is InChI=1S/C19H25N5O4/c20-17-14-8-12(10-25)13(11-26)9-15(14)21-19(22-17)24-5-3-23(4-6-24)18(27)16-2-1-7-28-16/h8-9,16,25-26H,1-7,10-11H2,(H2,20,21,22). The van der Waals surface area contributed by atoms with E-state index < -0.39 is 0 Å². The van der Waals surface area contributed by atoms with Gasteiger partial charge >= 0.3 is 0 Å². The first-order chi connectivity index (χ1) is 13.6. The third-order valence-corrected chi connectivity index (χ3v) is 5.45. The topological polar surface area (TPSA) is 125 Å². The number of carbonyl (C=O) groups excluding carboxylic acids is 1. The Kier molecular flexibility index (Phi) is 5.29. The van der Waals surface area contributed by atoms with Crippen LogP contribution in [0.3, 0.4) is 0 Å². The predicted molar refractivity (Wildman–Crippen MR) is 104 cm³/mol. The fourth-order valence-corrected chi connectivity index (χ4v) is 3.81. The highest BCUT2D eigenvalue weighted by Crippen LogP contribution is 2.26. The van der Waals surface area contributed by atoms with Crippen LogP contribution >= 0.6 is 0 Å². The lowest BCUT2D eigenvalue weighted by atomic mass is 10.1. The van der Waals surface area contributed by atoms with Gasteiger partial charge in [0.05, 0.1) is 18.7 Å². The molecule has 1 aromatic carbocycles. The molecule has 0 radical (unpaired) electrons. The molecule has 2 aliphatic heterocycles. The van der Waals surface area contributed by atoms with Gasteiger partial charge < -0.3 is 30.5 Å². The van der Waals surface area contributed by atoms with E-state index in [9.17, 15) is 15.0 Å². The zero-order valence-electron chi connectivity index (χ0n) is 15.7. The summed E-state index contributed by atoms with van der Waals surface area (Å²) in [6.45, 7) is 2.70. The van der Waals surface area contributed by atoms with Crippen molar-refractivity contribution in [3.05, 3.63) is 23.3 Å². The van der Waals surface area contributed by atoms with Crippen molar-refractivity contribution in [1.29, 1.82) is 0 Å². The molecule has 0 saturated carbocycles. The number of nitrogens with two attached hydrogens (primary N) is 1. The van der Waals surface area contributed by atoms with Gasteiger partial charge in [-0.25, -0.2) is 4.98 Å². The van der Waals surface area contributed by atoms with Crippen molar-refractivity contribution < 1.29 is 19.7 Å². The number of piperazine rings is 1. The van der Waals surface area contributed by atoms with Crippen LogP contribution in [0.25, 0.3) is 10.9 Å². The molecule has 1 unspecified atom stereocenters. The molecule has 150 valence electrons. The van der Waals surface area contributed by atoms with Gasteiger partial charge in [-0.05, 0) is 36.1 Å². The summed E-state index contributed by atoms with van der Waals surface area (Å²) in [4.78, 5) is 25.4. The highest BCUT2D eigenvalue weighted by atomic mass is 16.5. The van der Waals surface area contributed by atoms with Gasteiger partial charge in [-0.3, -0.25) is 4.79 Å². The molecule has 2 aromatic rings. The van der Waals surface area contributed by atoms with E-state index in [-0.39, 0.29) is 25.2 Å². The average molecular weight is 387 g/mol. The zero-order chi connectivity index (χ0) is 19.7. The largest absolute Gasteiger partial charge is 0.392 e. The lowest BCUT2D eigenvalue weighted by molar-refractivity contribution is -0.141. The first kappa shape index (κ1) is 18.9. The Hall–Kier alpha value is -2.49. The second-order valence-electron chi connectivity index (χ2n) is 7.18. The summed E-state index contributed by atoms with van der Waals surface area (Å²) in [5.41, 5.74) is 7.99. The van der Waals surface area contributed by atoms with E-state index in [1.165, 1.54) is 0 Å². The first-order valence-electron chi connectivity index (χ1n) is 9.56. The second-order valence-corrected chi connectivity index (χ2v) is 7.18. The minimum absolute atomic E-state index is 0.0696. The van der Waals surface area contributed by atoms with Gasteiger partial charge in [0.1, 0.15) is 11.9 Å². The van der Waals surface area contributed by atoms with Gasteiger partial charge in [0, 0.05) is 38.2 Å². The number of aliphatic hydroxyl groups excluding tert-OH is 2. The number of hydrogen-bond acceptors (Lipinski definition) is 8. The molecule has 4 rings (SSSR count). The monoisotopic (exact) mass is 387 g/mol. The summed E-state index contributed by atoms with van der Waals surface area (Å²) in [5.74, 6) is 0.909. The normalized spacial score (nSPS) is 20.1. The maximum absolute atomic E-state index is 12.5. The Labute approximate surface area is 162 Å². The van der Waals surface area contributed by atoms with Crippen LogP contribution in [0.15, 0.2) is 12.1 Å². The van der Waals surface area contributed by atoms with E-state index in [0.717, 1.165) is 12.8 Å². The van der Waals surface area contributed by atoms with Crippen LogP contribution in [-0.2, 0) is 22.7 Å². The molecule has 0 aliphatic carbocycles. The van der Waals surface area contributed by atoms with E-state index in [1.807, 2.05) is 9.80 Å². The SMILES string of the molecule is Nc1nc(N2CCN(C(=O)C3CCCO3)CC2)nc2cc(CO)c(CO)cc12.